The molecule has 2 N–H and O–H groups in total. The molecule has 0 saturated heterocycles. The summed E-state index contributed by atoms with van der Waals surface area (Å²) in [5.74, 6) is 0.950. The molecular formula is C19H15N3O4. The molecule has 130 valence electrons. The largest absolute Gasteiger partial charge is 0.454 e. The minimum Gasteiger partial charge on any atom is -0.454 e. The van der Waals surface area contributed by atoms with E-state index in [-0.39, 0.29) is 18.4 Å². The molecule has 4 rings (SSSR count). The molecule has 1 aliphatic heterocycles. The van der Waals surface area contributed by atoms with Crippen molar-refractivity contribution in [1.82, 2.24) is 15.3 Å². The van der Waals surface area contributed by atoms with Gasteiger partial charge in [0.05, 0.1) is 5.69 Å². The predicted molar refractivity (Wildman–Crippen MR) is 94.0 cm³/mol. The molecule has 0 aliphatic carbocycles. The first kappa shape index (κ1) is 15.9. The molecule has 0 fully saturated rings. The number of benzene rings is 2. The van der Waals surface area contributed by atoms with Crippen LogP contribution < -0.4 is 20.5 Å². The summed E-state index contributed by atoms with van der Waals surface area (Å²) < 4.78 is 10.6. The number of rotatable bonds is 4. The molecule has 0 unspecified atom stereocenters. The molecule has 1 aliphatic rings. The van der Waals surface area contributed by atoms with Crippen molar-refractivity contribution in [3.63, 3.8) is 0 Å². The molecule has 2 aromatic carbocycles. The Bertz CT molecular complexity index is 1010. The zero-order valence-electron chi connectivity index (χ0n) is 13.7. The van der Waals surface area contributed by atoms with Crippen molar-refractivity contribution >= 4 is 5.91 Å². The van der Waals surface area contributed by atoms with E-state index in [2.05, 4.69) is 15.3 Å². The van der Waals surface area contributed by atoms with E-state index in [1.165, 1.54) is 0 Å². The summed E-state index contributed by atoms with van der Waals surface area (Å²) in [5, 5.41) is 2.78. The Morgan fingerprint density at radius 2 is 1.88 bits per heavy atom. The van der Waals surface area contributed by atoms with Gasteiger partial charge in [-0.05, 0) is 23.8 Å². The van der Waals surface area contributed by atoms with E-state index in [9.17, 15) is 9.59 Å². The van der Waals surface area contributed by atoms with Gasteiger partial charge >= 0.3 is 5.69 Å². The molecule has 0 bridgehead atoms. The summed E-state index contributed by atoms with van der Waals surface area (Å²) >= 11 is 0. The number of carbonyl (C=O) groups is 1. The van der Waals surface area contributed by atoms with Crippen LogP contribution in [0.5, 0.6) is 11.5 Å². The minimum absolute atomic E-state index is 0.157. The molecule has 3 aromatic rings. The second-order valence-electron chi connectivity index (χ2n) is 5.72. The third-order valence-corrected chi connectivity index (χ3v) is 3.95. The molecule has 1 aromatic heterocycles. The van der Waals surface area contributed by atoms with E-state index in [0.29, 0.717) is 23.7 Å². The highest BCUT2D eigenvalue weighted by molar-refractivity contribution is 5.93. The fourth-order valence-electron chi connectivity index (χ4n) is 2.67. The lowest BCUT2D eigenvalue weighted by Crippen LogP contribution is -2.27. The van der Waals surface area contributed by atoms with E-state index < -0.39 is 5.69 Å². The molecule has 0 saturated carbocycles. The van der Waals surface area contributed by atoms with Gasteiger partial charge in [0.1, 0.15) is 5.69 Å². The summed E-state index contributed by atoms with van der Waals surface area (Å²) in [5.41, 5.74) is 1.66. The average Bonchev–Trinajstić information content (AvgIpc) is 3.14. The number of nitrogens with one attached hydrogen (secondary N) is 2. The van der Waals surface area contributed by atoms with E-state index in [0.717, 1.165) is 11.1 Å². The Morgan fingerprint density at radius 3 is 2.73 bits per heavy atom. The highest BCUT2D eigenvalue weighted by Crippen LogP contribution is 2.32. The lowest BCUT2D eigenvalue weighted by molar-refractivity contribution is 0.0945. The van der Waals surface area contributed by atoms with Crippen molar-refractivity contribution in [1.29, 1.82) is 0 Å². The van der Waals surface area contributed by atoms with Gasteiger partial charge in [0.15, 0.2) is 11.5 Å². The van der Waals surface area contributed by atoms with Crippen LogP contribution in [0.2, 0.25) is 0 Å². The van der Waals surface area contributed by atoms with E-state index in [1.54, 1.807) is 12.1 Å². The number of hydrogen-bond donors (Lipinski definition) is 2. The lowest BCUT2D eigenvalue weighted by atomic mass is 10.1. The molecule has 1 amide bonds. The van der Waals surface area contributed by atoms with Crippen molar-refractivity contribution in [2.45, 2.75) is 6.54 Å². The van der Waals surface area contributed by atoms with Crippen LogP contribution in [0, 0.1) is 0 Å². The van der Waals surface area contributed by atoms with Gasteiger partial charge in [-0.2, -0.15) is 4.98 Å². The predicted octanol–water partition coefficient (Wildman–Crippen LogP) is 2.10. The molecule has 26 heavy (non-hydrogen) atoms. The number of ether oxygens (including phenoxy) is 2. The summed E-state index contributed by atoms with van der Waals surface area (Å²) in [6.07, 6.45) is 0. The van der Waals surface area contributed by atoms with Crippen LogP contribution in [-0.4, -0.2) is 22.7 Å². The quantitative estimate of drug-likeness (QED) is 0.752. The Hall–Kier alpha value is -3.61. The maximum Gasteiger partial charge on any atom is 0.346 e. The van der Waals surface area contributed by atoms with Gasteiger partial charge in [-0.25, -0.2) is 4.79 Å². The first-order chi connectivity index (χ1) is 12.7. The average molecular weight is 349 g/mol. The molecule has 7 nitrogen and oxygen atoms in total. The number of amides is 1. The van der Waals surface area contributed by atoms with Gasteiger partial charge < -0.3 is 19.8 Å². The summed E-state index contributed by atoms with van der Waals surface area (Å²) in [6.45, 7) is 0.492. The third-order valence-electron chi connectivity index (χ3n) is 3.95. The number of aromatic amines is 1. The second-order valence-corrected chi connectivity index (χ2v) is 5.72. The van der Waals surface area contributed by atoms with Gasteiger partial charge in [-0.3, -0.25) is 4.79 Å². The third kappa shape index (κ3) is 3.27. The second kappa shape index (κ2) is 6.72. The number of H-pyrrole nitrogens is 1. The summed E-state index contributed by atoms with van der Waals surface area (Å²) in [6, 6.07) is 16.2. The molecule has 0 radical (unpaired) electrons. The van der Waals surface area contributed by atoms with Crippen LogP contribution >= 0.6 is 0 Å². The van der Waals surface area contributed by atoms with Crippen LogP contribution in [0.15, 0.2) is 59.4 Å². The molecular weight excluding hydrogens is 334 g/mol. The van der Waals surface area contributed by atoms with Crippen molar-refractivity contribution < 1.29 is 14.3 Å². The number of carbonyl (C=O) groups excluding carboxylic acids is 1. The molecule has 0 atom stereocenters. The number of aromatic nitrogens is 2. The van der Waals surface area contributed by atoms with Crippen LogP contribution in [0.1, 0.15) is 16.1 Å². The number of fused-ring (bicyclic) bond motifs is 1. The summed E-state index contributed by atoms with van der Waals surface area (Å²) in [4.78, 5) is 30.6. The molecule has 0 spiro atoms. The fourth-order valence-corrected chi connectivity index (χ4v) is 2.67. The zero-order chi connectivity index (χ0) is 17.9. The maximum atomic E-state index is 12.4. The lowest BCUT2D eigenvalue weighted by Gasteiger charge is -2.07. The number of nitrogens with zero attached hydrogens (tertiary/aromatic N) is 1. The smallest absolute Gasteiger partial charge is 0.346 e. The van der Waals surface area contributed by atoms with Gasteiger partial charge in [-0.1, -0.05) is 36.4 Å². The normalized spacial score (nSPS) is 12.0. The van der Waals surface area contributed by atoms with Crippen molar-refractivity contribution in [3.8, 4) is 22.8 Å². The van der Waals surface area contributed by atoms with Crippen molar-refractivity contribution in [2.75, 3.05) is 6.79 Å². The fraction of sp³-hybridized carbons (Fsp3) is 0.105. The zero-order valence-corrected chi connectivity index (χ0v) is 13.7. The Kier molecular flexibility index (Phi) is 4.10. The highest BCUT2D eigenvalue weighted by Gasteiger charge is 2.14. The van der Waals surface area contributed by atoms with Gasteiger partial charge in [0.2, 0.25) is 6.79 Å². The number of hydrogen-bond acceptors (Lipinski definition) is 5. The van der Waals surface area contributed by atoms with Crippen LogP contribution in [0.3, 0.4) is 0 Å². The maximum absolute atomic E-state index is 12.4. The topological polar surface area (TPSA) is 93.3 Å². The highest BCUT2D eigenvalue weighted by atomic mass is 16.7. The van der Waals surface area contributed by atoms with E-state index >= 15 is 0 Å². The van der Waals surface area contributed by atoms with Crippen molar-refractivity contribution in [2.24, 2.45) is 0 Å². The van der Waals surface area contributed by atoms with Crippen molar-refractivity contribution in [3.05, 3.63) is 76.3 Å². The molecule has 7 heteroatoms. The van der Waals surface area contributed by atoms with E-state index in [1.807, 2.05) is 42.5 Å². The summed E-state index contributed by atoms with van der Waals surface area (Å²) in [7, 11) is 0. The Morgan fingerprint density at radius 1 is 1.08 bits per heavy atom. The Labute approximate surface area is 148 Å². The van der Waals surface area contributed by atoms with Gasteiger partial charge in [0, 0.05) is 12.1 Å². The standard InChI is InChI=1S/C19H15N3O4/c23-18(20-10-12-6-7-16-17(8-12)26-11-25-16)15-9-14(21-19(24)22-15)13-4-2-1-3-5-13/h1-9H,10-11H2,(H,20,23)(H,21,22,24). The monoisotopic (exact) mass is 349 g/mol. The van der Waals surface area contributed by atoms with Crippen LogP contribution in [-0.2, 0) is 6.54 Å². The first-order valence-electron chi connectivity index (χ1n) is 8.02. The Balaban J connectivity index is 1.51. The first-order valence-corrected chi connectivity index (χ1v) is 8.02. The molecule has 2 heterocycles. The van der Waals surface area contributed by atoms with Gasteiger partial charge in [-0.15, -0.1) is 0 Å². The van der Waals surface area contributed by atoms with Gasteiger partial charge in [0.25, 0.3) is 5.91 Å². The van der Waals surface area contributed by atoms with Crippen LogP contribution in [0.4, 0.5) is 0 Å². The SMILES string of the molecule is O=C(NCc1ccc2c(c1)OCO2)c1cc(-c2ccccc2)nc(=O)[nH]1. The minimum atomic E-state index is -0.570. The van der Waals surface area contributed by atoms with E-state index in [4.69, 9.17) is 9.47 Å². The van der Waals surface area contributed by atoms with Crippen LogP contribution in [0.25, 0.3) is 11.3 Å².